The Balaban J connectivity index is 1.50. The Hall–Kier alpha value is -3.30. The third kappa shape index (κ3) is 4.14. The number of halogens is 3. The second kappa shape index (κ2) is 8.09. The number of aromatic nitrogens is 1. The fourth-order valence-corrected chi connectivity index (χ4v) is 4.00. The number of H-pyrrole nitrogens is 1. The van der Waals surface area contributed by atoms with Gasteiger partial charge in [-0.3, -0.25) is 14.4 Å². The zero-order chi connectivity index (χ0) is 22.3. The molecule has 1 aliphatic heterocycles. The average molecular weight is 435 g/mol. The summed E-state index contributed by atoms with van der Waals surface area (Å²) in [5.74, 6) is -4.85. The number of benzene rings is 1. The van der Waals surface area contributed by atoms with Gasteiger partial charge in [0.15, 0.2) is 11.4 Å². The minimum Gasteiger partial charge on any atom is -0.503 e. The van der Waals surface area contributed by atoms with E-state index in [1.807, 2.05) is 0 Å². The van der Waals surface area contributed by atoms with Crippen LogP contribution in [0.3, 0.4) is 0 Å². The number of pyridine rings is 1. The number of fused-ring (bicyclic) bond motifs is 1. The number of carbonyl (C=O) groups excluding carboxylic acids is 2. The standard InChI is InChI=1S/C21H20F3N3O4/c22-12-5-15(23)13(16(24)6-12)7-26-20(30)14-8-25-17(19(29)18(14)28)21(31)27-3-1-2-10-4-11(10)9-27/h5-6,8,10-11,29H,1-4,7,9H2,(H,25,28)(H,26,30)/t10?,11-/m0/s1. The molecular weight excluding hydrogens is 415 g/mol. The maximum absolute atomic E-state index is 13.7. The molecule has 1 aliphatic carbocycles. The average Bonchev–Trinajstić information content (AvgIpc) is 3.46. The fraction of sp³-hybridized carbons (Fsp3) is 0.381. The molecule has 2 aliphatic rings. The van der Waals surface area contributed by atoms with E-state index in [0.717, 1.165) is 25.5 Å². The van der Waals surface area contributed by atoms with Crippen LogP contribution in [0.1, 0.15) is 45.7 Å². The fourth-order valence-electron chi connectivity index (χ4n) is 4.00. The molecule has 1 aromatic heterocycles. The number of hydrogen-bond donors (Lipinski definition) is 3. The van der Waals surface area contributed by atoms with Gasteiger partial charge in [-0.05, 0) is 31.1 Å². The van der Waals surface area contributed by atoms with Gasteiger partial charge < -0.3 is 20.3 Å². The van der Waals surface area contributed by atoms with E-state index >= 15 is 0 Å². The lowest BCUT2D eigenvalue weighted by molar-refractivity contribution is 0.0742. The predicted molar refractivity (Wildman–Crippen MR) is 103 cm³/mol. The van der Waals surface area contributed by atoms with Crippen LogP contribution in [0, 0.1) is 29.3 Å². The molecule has 31 heavy (non-hydrogen) atoms. The van der Waals surface area contributed by atoms with Gasteiger partial charge in [0.05, 0.1) is 0 Å². The van der Waals surface area contributed by atoms with Crippen LogP contribution in [-0.2, 0) is 6.54 Å². The summed E-state index contributed by atoms with van der Waals surface area (Å²) >= 11 is 0. The van der Waals surface area contributed by atoms with Gasteiger partial charge in [0.1, 0.15) is 23.0 Å². The Morgan fingerprint density at radius 1 is 1.19 bits per heavy atom. The lowest BCUT2D eigenvalue weighted by Crippen LogP contribution is -2.35. The molecule has 2 fully saturated rings. The Morgan fingerprint density at radius 3 is 2.61 bits per heavy atom. The van der Waals surface area contributed by atoms with Crippen molar-refractivity contribution < 1.29 is 27.9 Å². The van der Waals surface area contributed by atoms with Crippen LogP contribution in [0.4, 0.5) is 13.2 Å². The second-order valence-corrected chi connectivity index (χ2v) is 7.94. The highest BCUT2D eigenvalue weighted by Crippen LogP contribution is 2.44. The lowest BCUT2D eigenvalue weighted by Gasteiger charge is -2.21. The first-order valence-electron chi connectivity index (χ1n) is 9.91. The van der Waals surface area contributed by atoms with E-state index in [2.05, 4.69) is 10.3 Å². The van der Waals surface area contributed by atoms with Crippen molar-refractivity contribution in [2.75, 3.05) is 13.1 Å². The van der Waals surface area contributed by atoms with E-state index in [1.165, 1.54) is 0 Å². The predicted octanol–water partition coefficient (Wildman–Crippen LogP) is 2.30. The molecule has 2 aromatic rings. The molecule has 2 amide bonds. The molecule has 1 saturated heterocycles. The van der Waals surface area contributed by atoms with Crippen molar-refractivity contribution >= 4 is 11.8 Å². The zero-order valence-corrected chi connectivity index (χ0v) is 16.4. The van der Waals surface area contributed by atoms with Crippen molar-refractivity contribution in [3.05, 3.63) is 62.8 Å². The first kappa shape index (κ1) is 21.0. The third-order valence-corrected chi connectivity index (χ3v) is 5.86. The highest BCUT2D eigenvalue weighted by Gasteiger charge is 2.41. The molecule has 1 aromatic carbocycles. The van der Waals surface area contributed by atoms with Crippen LogP contribution in [0.25, 0.3) is 0 Å². The summed E-state index contributed by atoms with van der Waals surface area (Å²) in [6, 6.07) is 0.937. The van der Waals surface area contributed by atoms with Crippen molar-refractivity contribution in [1.82, 2.24) is 15.2 Å². The molecule has 164 valence electrons. The van der Waals surface area contributed by atoms with Gasteiger partial charge in [-0.25, -0.2) is 13.2 Å². The number of nitrogens with zero attached hydrogens (tertiary/aromatic N) is 1. The van der Waals surface area contributed by atoms with E-state index in [4.69, 9.17) is 0 Å². The minimum absolute atomic E-state index is 0.309. The van der Waals surface area contributed by atoms with Gasteiger partial charge in [-0.2, -0.15) is 0 Å². The quantitative estimate of drug-likeness (QED) is 0.686. The van der Waals surface area contributed by atoms with Gasteiger partial charge in [0.25, 0.3) is 11.8 Å². The van der Waals surface area contributed by atoms with Gasteiger partial charge in [0, 0.05) is 43.5 Å². The van der Waals surface area contributed by atoms with Gasteiger partial charge in [0.2, 0.25) is 5.43 Å². The number of aromatic amines is 1. The summed E-state index contributed by atoms with van der Waals surface area (Å²) in [5.41, 5.74) is -2.51. The van der Waals surface area contributed by atoms with Gasteiger partial charge >= 0.3 is 0 Å². The Morgan fingerprint density at radius 2 is 1.90 bits per heavy atom. The summed E-state index contributed by atoms with van der Waals surface area (Å²) < 4.78 is 40.4. The third-order valence-electron chi connectivity index (χ3n) is 5.86. The lowest BCUT2D eigenvalue weighted by atomic mass is 10.1. The molecule has 4 rings (SSSR count). The summed E-state index contributed by atoms with van der Waals surface area (Å²) in [5, 5.41) is 12.4. The van der Waals surface area contributed by atoms with Gasteiger partial charge in [-0.1, -0.05) is 0 Å². The Labute approximate surface area is 174 Å². The maximum Gasteiger partial charge on any atom is 0.274 e. The van der Waals surface area contributed by atoms with Crippen molar-refractivity contribution in [1.29, 1.82) is 0 Å². The molecule has 7 nitrogen and oxygen atoms in total. The van der Waals surface area contributed by atoms with E-state index < -0.39 is 58.1 Å². The van der Waals surface area contributed by atoms with Crippen LogP contribution in [-0.4, -0.2) is 39.9 Å². The van der Waals surface area contributed by atoms with Crippen LogP contribution < -0.4 is 10.7 Å². The molecule has 0 bridgehead atoms. The van der Waals surface area contributed by atoms with E-state index in [0.29, 0.717) is 37.1 Å². The number of likely N-dealkylation sites (tertiary alicyclic amines) is 1. The van der Waals surface area contributed by atoms with Gasteiger partial charge in [-0.15, -0.1) is 0 Å². The summed E-state index contributed by atoms with van der Waals surface area (Å²) in [7, 11) is 0. The summed E-state index contributed by atoms with van der Waals surface area (Å²) in [6.45, 7) is 0.431. The second-order valence-electron chi connectivity index (χ2n) is 7.94. The zero-order valence-electron chi connectivity index (χ0n) is 16.4. The number of carbonyl (C=O) groups is 2. The molecule has 1 saturated carbocycles. The molecule has 3 N–H and O–H groups in total. The summed E-state index contributed by atoms with van der Waals surface area (Å²) in [4.78, 5) is 41.6. The van der Waals surface area contributed by atoms with Crippen molar-refractivity contribution in [3.63, 3.8) is 0 Å². The number of amides is 2. The molecule has 2 atom stereocenters. The normalized spacial score (nSPS) is 20.0. The van der Waals surface area contributed by atoms with E-state index in [-0.39, 0.29) is 5.69 Å². The van der Waals surface area contributed by atoms with Crippen molar-refractivity contribution in [2.45, 2.75) is 25.8 Å². The molecular formula is C21H20F3N3O4. The monoisotopic (exact) mass is 435 g/mol. The molecule has 1 unspecified atom stereocenters. The molecule has 0 radical (unpaired) electrons. The van der Waals surface area contributed by atoms with Crippen LogP contribution in [0.15, 0.2) is 23.1 Å². The van der Waals surface area contributed by atoms with E-state index in [1.54, 1.807) is 4.90 Å². The first-order valence-corrected chi connectivity index (χ1v) is 9.91. The molecule has 10 heteroatoms. The highest BCUT2D eigenvalue weighted by atomic mass is 19.1. The Kier molecular flexibility index (Phi) is 5.47. The number of aromatic hydroxyl groups is 1. The number of rotatable bonds is 4. The van der Waals surface area contributed by atoms with E-state index in [9.17, 15) is 32.7 Å². The maximum atomic E-state index is 13.7. The first-order chi connectivity index (χ1) is 14.8. The molecule has 0 spiro atoms. The smallest absolute Gasteiger partial charge is 0.274 e. The summed E-state index contributed by atoms with van der Waals surface area (Å²) in [6.07, 6.45) is 3.93. The number of nitrogens with one attached hydrogen (secondary N) is 2. The Bertz CT molecular complexity index is 1090. The largest absolute Gasteiger partial charge is 0.503 e. The van der Waals surface area contributed by atoms with Crippen molar-refractivity contribution in [3.8, 4) is 5.75 Å². The van der Waals surface area contributed by atoms with Crippen LogP contribution in [0.2, 0.25) is 0 Å². The van der Waals surface area contributed by atoms with Crippen molar-refractivity contribution in [2.24, 2.45) is 11.8 Å². The topological polar surface area (TPSA) is 102 Å². The van der Waals surface area contributed by atoms with Crippen LogP contribution >= 0.6 is 0 Å². The molecule has 2 heterocycles. The minimum atomic E-state index is -1.19. The number of hydrogen-bond acceptors (Lipinski definition) is 4. The SMILES string of the molecule is O=C(NCc1c(F)cc(F)cc1F)c1c[nH]c(C(=O)N2CCCC3C[C@H]3C2)c(O)c1=O. The highest BCUT2D eigenvalue weighted by molar-refractivity contribution is 5.98. The van der Waals surface area contributed by atoms with Crippen LogP contribution in [0.5, 0.6) is 5.75 Å².